The number of aromatic nitrogens is 4. The van der Waals surface area contributed by atoms with Gasteiger partial charge in [-0.25, -0.2) is 9.97 Å². The Bertz CT molecular complexity index is 1590. The molecular weight excluding hydrogens is 490 g/mol. The van der Waals surface area contributed by atoms with Crippen LogP contribution in [0.5, 0.6) is 0 Å². The molecule has 39 heavy (non-hydrogen) atoms. The molecular formula is C30H33N7O2. The number of para-hydroxylation sites is 1. The average molecular weight is 524 g/mol. The number of hydrogen-bond donors (Lipinski definition) is 2. The van der Waals surface area contributed by atoms with Gasteiger partial charge in [0.15, 0.2) is 0 Å². The molecule has 4 aromatic rings. The molecule has 0 unspecified atom stereocenters. The van der Waals surface area contributed by atoms with Crippen LogP contribution < -0.4 is 10.6 Å². The SMILES string of the molecule is CN(C)Cc1nc(Nc2cnc(-c3cccc4nc5n(c34)CCC5)c3c2C(=O)NC3)ccc1C1CCOCC1. The van der Waals surface area contributed by atoms with E-state index in [1.54, 1.807) is 6.20 Å². The summed E-state index contributed by atoms with van der Waals surface area (Å²) in [6.07, 6.45) is 5.91. The van der Waals surface area contributed by atoms with Gasteiger partial charge in [0, 0.05) is 50.4 Å². The largest absolute Gasteiger partial charge is 0.381 e. The van der Waals surface area contributed by atoms with Crippen LogP contribution >= 0.6 is 0 Å². The molecule has 1 amide bonds. The summed E-state index contributed by atoms with van der Waals surface area (Å²) in [4.78, 5) is 30.0. The van der Waals surface area contributed by atoms with Crippen molar-refractivity contribution < 1.29 is 9.53 Å². The molecule has 0 radical (unpaired) electrons. The van der Waals surface area contributed by atoms with Crippen LogP contribution in [0.2, 0.25) is 0 Å². The Morgan fingerprint density at radius 2 is 2.03 bits per heavy atom. The molecule has 6 heterocycles. The minimum atomic E-state index is -0.0887. The van der Waals surface area contributed by atoms with Crippen molar-refractivity contribution in [1.82, 2.24) is 29.7 Å². The lowest BCUT2D eigenvalue weighted by Crippen LogP contribution is -2.20. The van der Waals surface area contributed by atoms with Gasteiger partial charge in [-0.15, -0.1) is 0 Å². The zero-order valence-corrected chi connectivity index (χ0v) is 22.5. The number of carbonyl (C=O) groups excluding carboxylic acids is 1. The quantitative estimate of drug-likeness (QED) is 0.387. The number of nitrogens with zero attached hydrogens (tertiary/aromatic N) is 5. The topological polar surface area (TPSA) is 97.2 Å². The van der Waals surface area contributed by atoms with Gasteiger partial charge in [0.25, 0.3) is 5.91 Å². The van der Waals surface area contributed by atoms with Gasteiger partial charge >= 0.3 is 0 Å². The van der Waals surface area contributed by atoms with E-state index in [0.717, 1.165) is 97.2 Å². The Morgan fingerprint density at radius 3 is 2.87 bits per heavy atom. The van der Waals surface area contributed by atoms with E-state index in [1.807, 2.05) is 12.1 Å². The van der Waals surface area contributed by atoms with Gasteiger partial charge in [-0.3, -0.25) is 9.78 Å². The average Bonchev–Trinajstić information content (AvgIpc) is 3.64. The fourth-order valence-corrected chi connectivity index (χ4v) is 6.35. The summed E-state index contributed by atoms with van der Waals surface area (Å²) in [5.41, 5.74) is 8.54. The normalized spacial score (nSPS) is 17.1. The molecule has 0 aliphatic carbocycles. The molecule has 2 N–H and O–H groups in total. The third-order valence-corrected chi connectivity index (χ3v) is 8.11. The summed E-state index contributed by atoms with van der Waals surface area (Å²) in [5, 5.41) is 6.46. The van der Waals surface area contributed by atoms with Crippen LogP contribution in [0, 0.1) is 0 Å². The van der Waals surface area contributed by atoms with Crippen LogP contribution in [0.15, 0.2) is 36.5 Å². The first-order chi connectivity index (χ1) is 19.1. The molecule has 3 aliphatic rings. The van der Waals surface area contributed by atoms with Crippen molar-refractivity contribution in [3.63, 3.8) is 0 Å². The Kier molecular flexibility index (Phi) is 6.05. The summed E-state index contributed by atoms with van der Waals surface area (Å²) in [5.74, 6) is 2.22. The van der Waals surface area contributed by atoms with Crippen LogP contribution in [-0.2, 0) is 30.8 Å². The maximum Gasteiger partial charge on any atom is 0.254 e. The predicted molar refractivity (Wildman–Crippen MR) is 150 cm³/mol. The van der Waals surface area contributed by atoms with Gasteiger partial charge in [0.2, 0.25) is 0 Å². The van der Waals surface area contributed by atoms with Crippen LogP contribution in [0.4, 0.5) is 11.5 Å². The first-order valence-corrected chi connectivity index (χ1v) is 13.8. The highest BCUT2D eigenvalue weighted by molar-refractivity contribution is 6.06. The van der Waals surface area contributed by atoms with E-state index < -0.39 is 0 Å². The first kappa shape index (κ1) is 24.2. The smallest absolute Gasteiger partial charge is 0.254 e. The number of aryl methyl sites for hydroxylation is 2. The standard InChI is InChI=1S/C30H33N7O2/c1-36(2)17-24-19(18-10-13-39-14-11-18)8-9-25(34-24)33-23-16-31-28(21-15-32-30(38)27(21)23)20-5-3-6-22-29(20)37-12-4-7-26(37)35-22/h3,5-6,8-9,16,18H,4,7,10-15,17H2,1-2H3,(H,32,38)(H,33,34). The van der Waals surface area contributed by atoms with E-state index in [0.29, 0.717) is 23.7 Å². The van der Waals surface area contributed by atoms with Crippen LogP contribution in [0.25, 0.3) is 22.3 Å². The number of hydrogen-bond acceptors (Lipinski definition) is 7. The summed E-state index contributed by atoms with van der Waals surface area (Å²) < 4.78 is 7.90. The van der Waals surface area contributed by atoms with Gasteiger partial charge in [0.05, 0.1) is 39.9 Å². The first-order valence-electron chi connectivity index (χ1n) is 13.8. The van der Waals surface area contributed by atoms with Crippen molar-refractivity contribution in [2.45, 2.75) is 51.2 Å². The lowest BCUT2D eigenvalue weighted by atomic mass is 9.90. The molecule has 1 fully saturated rings. The summed E-state index contributed by atoms with van der Waals surface area (Å²) in [7, 11) is 4.12. The third-order valence-electron chi connectivity index (χ3n) is 8.11. The minimum Gasteiger partial charge on any atom is -0.381 e. The highest BCUT2D eigenvalue weighted by Gasteiger charge is 2.29. The molecule has 0 spiro atoms. The second kappa shape index (κ2) is 9.73. The molecule has 1 aromatic carbocycles. The van der Waals surface area contributed by atoms with Crippen molar-refractivity contribution >= 4 is 28.4 Å². The van der Waals surface area contributed by atoms with Crippen molar-refractivity contribution in [2.24, 2.45) is 0 Å². The molecule has 0 saturated carbocycles. The van der Waals surface area contributed by atoms with E-state index >= 15 is 0 Å². The Morgan fingerprint density at radius 1 is 1.15 bits per heavy atom. The van der Waals surface area contributed by atoms with Gasteiger partial charge in [0.1, 0.15) is 11.6 Å². The van der Waals surface area contributed by atoms with E-state index in [4.69, 9.17) is 19.7 Å². The molecule has 7 rings (SSSR count). The van der Waals surface area contributed by atoms with Crippen molar-refractivity contribution in [1.29, 1.82) is 0 Å². The Hall–Kier alpha value is -3.82. The number of benzene rings is 1. The fraction of sp³-hybridized carbons (Fsp3) is 0.400. The number of fused-ring (bicyclic) bond motifs is 4. The number of imidazole rings is 1. The zero-order chi connectivity index (χ0) is 26.5. The number of rotatable bonds is 6. The summed E-state index contributed by atoms with van der Waals surface area (Å²) in [6.45, 7) is 3.75. The zero-order valence-electron chi connectivity index (χ0n) is 22.5. The molecule has 1 saturated heterocycles. The minimum absolute atomic E-state index is 0.0887. The molecule has 200 valence electrons. The number of nitrogens with one attached hydrogen (secondary N) is 2. The Labute approximate surface area is 227 Å². The fourth-order valence-electron chi connectivity index (χ4n) is 6.35. The van der Waals surface area contributed by atoms with E-state index in [-0.39, 0.29) is 5.91 Å². The number of pyridine rings is 2. The second-order valence-electron chi connectivity index (χ2n) is 11.0. The molecule has 3 aromatic heterocycles. The van der Waals surface area contributed by atoms with Gasteiger partial charge < -0.3 is 24.8 Å². The monoisotopic (exact) mass is 523 g/mol. The maximum atomic E-state index is 13.1. The second-order valence-corrected chi connectivity index (χ2v) is 11.0. The van der Waals surface area contributed by atoms with Crippen molar-refractivity contribution in [2.75, 3.05) is 32.6 Å². The predicted octanol–water partition coefficient (Wildman–Crippen LogP) is 4.38. The van der Waals surface area contributed by atoms with Crippen LogP contribution in [0.3, 0.4) is 0 Å². The molecule has 9 heteroatoms. The molecule has 3 aliphatic heterocycles. The number of anilines is 2. The lowest BCUT2D eigenvalue weighted by molar-refractivity contribution is 0.0849. The lowest BCUT2D eigenvalue weighted by Gasteiger charge is -2.25. The van der Waals surface area contributed by atoms with Crippen molar-refractivity contribution in [3.05, 3.63) is 64.7 Å². The van der Waals surface area contributed by atoms with E-state index in [1.165, 1.54) is 5.56 Å². The number of amides is 1. The summed E-state index contributed by atoms with van der Waals surface area (Å²) in [6, 6.07) is 10.4. The highest BCUT2D eigenvalue weighted by Crippen LogP contribution is 2.38. The van der Waals surface area contributed by atoms with Gasteiger partial charge in [-0.1, -0.05) is 18.2 Å². The number of carbonyl (C=O) groups is 1. The summed E-state index contributed by atoms with van der Waals surface area (Å²) >= 11 is 0. The number of ether oxygens (including phenoxy) is 1. The van der Waals surface area contributed by atoms with Gasteiger partial charge in [-0.2, -0.15) is 0 Å². The van der Waals surface area contributed by atoms with Crippen LogP contribution in [-0.4, -0.2) is 57.6 Å². The third kappa shape index (κ3) is 4.26. The van der Waals surface area contributed by atoms with Gasteiger partial charge in [-0.05, 0) is 57.0 Å². The molecule has 0 atom stereocenters. The van der Waals surface area contributed by atoms with E-state index in [2.05, 4.69) is 52.4 Å². The maximum absolute atomic E-state index is 13.1. The molecule has 9 nitrogen and oxygen atoms in total. The van der Waals surface area contributed by atoms with E-state index in [9.17, 15) is 4.79 Å². The Balaban J connectivity index is 1.27. The highest BCUT2D eigenvalue weighted by atomic mass is 16.5. The molecule has 0 bridgehead atoms. The van der Waals surface area contributed by atoms with Crippen LogP contribution in [0.1, 0.15) is 58.2 Å². The van der Waals surface area contributed by atoms with Crippen molar-refractivity contribution in [3.8, 4) is 11.3 Å².